The highest BCUT2D eigenvalue weighted by Gasteiger charge is 2.46. The molecule has 1 aromatic rings. The third-order valence-corrected chi connectivity index (χ3v) is 3.84. The van der Waals surface area contributed by atoms with Crippen LogP contribution in [0.3, 0.4) is 0 Å². The number of aromatic hydroxyl groups is 1. The van der Waals surface area contributed by atoms with Crippen LogP contribution in [-0.4, -0.2) is 16.2 Å². The maximum atomic E-state index is 10.8. The molecule has 0 saturated heterocycles. The van der Waals surface area contributed by atoms with Gasteiger partial charge >= 0.3 is 5.97 Å². The number of phenols is 1. The molecule has 0 spiro atoms. The first-order chi connectivity index (χ1) is 7.44. The molecule has 0 bridgehead atoms. The summed E-state index contributed by atoms with van der Waals surface area (Å²) >= 11 is 3.27. The van der Waals surface area contributed by atoms with Gasteiger partial charge in [0.2, 0.25) is 0 Å². The Hall–Kier alpha value is -1.03. The molecule has 16 heavy (non-hydrogen) atoms. The molecule has 0 amide bonds. The quantitative estimate of drug-likeness (QED) is 0.897. The minimum Gasteiger partial charge on any atom is -0.507 e. The van der Waals surface area contributed by atoms with Crippen LogP contribution in [0.25, 0.3) is 0 Å². The summed E-state index contributed by atoms with van der Waals surface area (Å²) in [5.41, 5.74) is 1.80. The number of carbonyl (C=O) groups is 1. The molecule has 1 saturated carbocycles. The van der Waals surface area contributed by atoms with Crippen LogP contribution in [0.5, 0.6) is 5.75 Å². The predicted molar refractivity (Wildman–Crippen MR) is 63.7 cm³/mol. The second-order valence-electron chi connectivity index (χ2n) is 4.47. The van der Waals surface area contributed by atoms with Crippen LogP contribution >= 0.6 is 15.9 Å². The summed E-state index contributed by atoms with van der Waals surface area (Å²) in [7, 11) is 0. The van der Waals surface area contributed by atoms with Crippen molar-refractivity contribution in [1.29, 1.82) is 0 Å². The third-order valence-electron chi connectivity index (χ3n) is 3.21. The van der Waals surface area contributed by atoms with E-state index in [2.05, 4.69) is 15.9 Å². The standard InChI is InChI=1S/C12H13BrO3/c1-7-4-10(14)9(13)5-8(7)12(2-3-12)6-11(15)16/h4-5,14H,2-3,6H2,1H3,(H,15,16). The fourth-order valence-electron chi connectivity index (χ4n) is 2.22. The second kappa shape index (κ2) is 3.77. The molecule has 2 N–H and O–H groups in total. The maximum Gasteiger partial charge on any atom is 0.304 e. The number of hydrogen-bond donors (Lipinski definition) is 2. The number of aryl methyl sites for hydroxylation is 1. The molecule has 0 atom stereocenters. The van der Waals surface area contributed by atoms with Gasteiger partial charge in [-0.2, -0.15) is 0 Å². The van der Waals surface area contributed by atoms with Crippen molar-refractivity contribution < 1.29 is 15.0 Å². The van der Waals surface area contributed by atoms with Gasteiger partial charge in [-0.15, -0.1) is 0 Å². The van der Waals surface area contributed by atoms with Crippen molar-refractivity contribution in [2.24, 2.45) is 0 Å². The number of benzene rings is 1. The number of rotatable bonds is 3. The fourth-order valence-corrected chi connectivity index (χ4v) is 2.56. The highest BCUT2D eigenvalue weighted by atomic mass is 79.9. The zero-order valence-electron chi connectivity index (χ0n) is 8.96. The van der Waals surface area contributed by atoms with Gasteiger partial charge in [-0.05, 0) is 59.0 Å². The topological polar surface area (TPSA) is 57.5 Å². The molecule has 86 valence electrons. The Morgan fingerprint density at radius 2 is 2.12 bits per heavy atom. The molecular weight excluding hydrogens is 272 g/mol. The SMILES string of the molecule is Cc1cc(O)c(Br)cc1C1(CC(=O)O)CC1. The molecule has 0 heterocycles. The van der Waals surface area contributed by atoms with Gasteiger partial charge in [0, 0.05) is 5.41 Å². The van der Waals surface area contributed by atoms with Gasteiger partial charge in [-0.1, -0.05) is 0 Å². The number of carboxylic acids is 1. The predicted octanol–water partition coefficient (Wildman–Crippen LogP) is 2.97. The Morgan fingerprint density at radius 1 is 1.50 bits per heavy atom. The molecule has 1 aromatic carbocycles. The molecular formula is C12H13BrO3. The fraction of sp³-hybridized carbons (Fsp3) is 0.417. The van der Waals surface area contributed by atoms with Crippen molar-refractivity contribution in [3.8, 4) is 5.75 Å². The van der Waals surface area contributed by atoms with E-state index in [4.69, 9.17) is 5.11 Å². The lowest BCUT2D eigenvalue weighted by atomic mass is 9.89. The number of hydrogen-bond acceptors (Lipinski definition) is 2. The van der Waals surface area contributed by atoms with Crippen LogP contribution < -0.4 is 0 Å². The number of aliphatic carboxylic acids is 1. The van der Waals surface area contributed by atoms with E-state index < -0.39 is 5.97 Å². The monoisotopic (exact) mass is 284 g/mol. The lowest BCUT2D eigenvalue weighted by Gasteiger charge is -2.17. The molecule has 0 aliphatic heterocycles. The highest BCUT2D eigenvalue weighted by Crippen LogP contribution is 2.53. The van der Waals surface area contributed by atoms with E-state index in [0.29, 0.717) is 4.47 Å². The van der Waals surface area contributed by atoms with Gasteiger partial charge < -0.3 is 10.2 Å². The van der Waals surface area contributed by atoms with Crippen molar-refractivity contribution in [3.05, 3.63) is 27.7 Å². The minimum absolute atomic E-state index is 0.172. The smallest absolute Gasteiger partial charge is 0.304 e. The van der Waals surface area contributed by atoms with Crippen molar-refractivity contribution >= 4 is 21.9 Å². The van der Waals surface area contributed by atoms with Crippen molar-refractivity contribution in [1.82, 2.24) is 0 Å². The Kier molecular flexibility index (Phi) is 2.70. The minimum atomic E-state index is -0.763. The molecule has 0 radical (unpaired) electrons. The molecule has 2 rings (SSSR count). The van der Waals surface area contributed by atoms with E-state index in [0.717, 1.165) is 24.0 Å². The van der Waals surface area contributed by atoms with Gasteiger partial charge in [0.1, 0.15) is 5.75 Å². The summed E-state index contributed by atoms with van der Waals surface area (Å²) < 4.78 is 0.629. The van der Waals surface area contributed by atoms with Crippen molar-refractivity contribution in [3.63, 3.8) is 0 Å². The van der Waals surface area contributed by atoms with E-state index in [1.807, 2.05) is 13.0 Å². The lowest BCUT2D eigenvalue weighted by molar-refractivity contribution is -0.137. The molecule has 0 unspecified atom stereocenters. The molecule has 1 aliphatic rings. The lowest BCUT2D eigenvalue weighted by Crippen LogP contribution is -2.14. The van der Waals surface area contributed by atoms with Gasteiger partial charge in [0.05, 0.1) is 10.9 Å². The molecule has 0 aromatic heterocycles. The van der Waals surface area contributed by atoms with E-state index in [9.17, 15) is 9.90 Å². The first-order valence-electron chi connectivity index (χ1n) is 5.16. The van der Waals surface area contributed by atoms with Crippen LogP contribution in [0.2, 0.25) is 0 Å². The van der Waals surface area contributed by atoms with Crippen LogP contribution in [0.4, 0.5) is 0 Å². The molecule has 1 fully saturated rings. The normalized spacial score (nSPS) is 17.1. The zero-order valence-corrected chi connectivity index (χ0v) is 10.5. The van der Waals surface area contributed by atoms with Crippen molar-refractivity contribution in [2.75, 3.05) is 0 Å². The van der Waals surface area contributed by atoms with Gasteiger partial charge in [-0.25, -0.2) is 0 Å². The average molecular weight is 285 g/mol. The van der Waals surface area contributed by atoms with E-state index in [1.165, 1.54) is 0 Å². The van der Waals surface area contributed by atoms with Gasteiger partial charge in [-0.3, -0.25) is 4.79 Å². The summed E-state index contributed by atoms with van der Waals surface area (Å²) in [6.07, 6.45) is 2.00. The van der Waals surface area contributed by atoms with E-state index >= 15 is 0 Å². The largest absolute Gasteiger partial charge is 0.507 e. The third kappa shape index (κ3) is 1.94. The van der Waals surface area contributed by atoms with Gasteiger partial charge in [0.15, 0.2) is 0 Å². The molecule has 3 nitrogen and oxygen atoms in total. The second-order valence-corrected chi connectivity index (χ2v) is 5.32. The van der Waals surface area contributed by atoms with E-state index in [-0.39, 0.29) is 17.6 Å². The Balaban J connectivity index is 2.41. The van der Waals surface area contributed by atoms with Crippen LogP contribution in [-0.2, 0) is 10.2 Å². The molecule has 4 heteroatoms. The van der Waals surface area contributed by atoms with Crippen LogP contribution in [0, 0.1) is 6.92 Å². The number of phenolic OH excluding ortho intramolecular Hbond substituents is 1. The summed E-state index contributed by atoms with van der Waals surface area (Å²) in [5, 5.41) is 18.4. The summed E-state index contributed by atoms with van der Waals surface area (Å²) in [6, 6.07) is 3.53. The van der Waals surface area contributed by atoms with Crippen LogP contribution in [0.15, 0.2) is 16.6 Å². The molecule has 1 aliphatic carbocycles. The number of carboxylic acid groups (broad SMARTS) is 1. The highest BCUT2D eigenvalue weighted by molar-refractivity contribution is 9.10. The first-order valence-corrected chi connectivity index (χ1v) is 5.95. The van der Waals surface area contributed by atoms with E-state index in [1.54, 1.807) is 6.07 Å². The maximum absolute atomic E-state index is 10.8. The Bertz CT molecular complexity index is 450. The number of halogens is 1. The first kappa shape index (κ1) is 11.5. The summed E-state index contributed by atoms with van der Waals surface area (Å²) in [6.45, 7) is 1.91. The average Bonchev–Trinajstić information content (AvgIpc) is 2.91. The summed E-state index contributed by atoms with van der Waals surface area (Å²) in [5.74, 6) is -0.562. The Morgan fingerprint density at radius 3 is 2.62 bits per heavy atom. The van der Waals surface area contributed by atoms with Crippen molar-refractivity contribution in [2.45, 2.75) is 31.6 Å². The van der Waals surface area contributed by atoms with Gasteiger partial charge in [0.25, 0.3) is 0 Å². The zero-order chi connectivity index (χ0) is 11.9. The summed E-state index contributed by atoms with van der Waals surface area (Å²) in [4.78, 5) is 10.8. The van der Waals surface area contributed by atoms with Crippen LogP contribution in [0.1, 0.15) is 30.4 Å². The Labute approximate surface area is 102 Å².